The number of phenols is 1. The van der Waals surface area contributed by atoms with Crippen LogP contribution < -0.4 is 14.9 Å². The summed E-state index contributed by atoms with van der Waals surface area (Å²) in [5.74, 6) is 0.531. The number of ether oxygens (including phenoxy) is 2. The maximum absolute atomic E-state index is 9.93. The number of phenolic OH excluding ortho intramolecular Hbond substituents is 1. The summed E-state index contributed by atoms with van der Waals surface area (Å²) < 4.78 is 10.2. The Bertz CT molecular complexity index is 967. The highest BCUT2D eigenvalue weighted by molar-refractivity contribution is 7.14. The van der Waals surface area contributed by atoms with Gasteiger partial charge in [0, 0.05) is 21.5 Å². The molecule has 9 heteroatoms. The number of hydrogen-bond acceptors (Lipinski definition) is 7. The molecular formula is C18H15Cl2N3O3S. The van der Waals surface area contributed by atoms with Crippen LogP contribution in [-0.4, -0.2) is 30.5 Å². The minimum Gasteiger partial charge on any atom is -0.502 e. The van der Waals surface area contributed by atoms with Gasteiger partial charge in [0.15, 0.2) is 11.5 Å². The van der Waals surface area contributed by atoms with E-state index < -0.39 is 0 Å². The first kappa shape index (κ1) is 19.3. The molecule has 6 nitrogen and oxygen atoms in total. The van der Waals surface area contributed by atoms with Crippen LogP contribution in [0.3, 0.4) is 0 Å². The normalized spacial score (nSPS) is 11.0. The zero-order valence-corrected chi connectivity index (χ0v) is 16.7. The van der Waals surface area contributed by atoms with Crippen LogP contribution >= 0.6 is 34.5 Å². The van der Waals surface area contributed by atoms with Crippen molar-refractivity contribution < 1.29 is 14.6 Å². The molecule has 1 heterocycles. The molecule has 1 aromatic heterocycles. The molecule has 2 aromatic carbocycles. The van der Waals surface area contributed by atoms with E-state index >= 15 is 0 Å². The van der Waals surface area contributed by atoms with Gasteiger partial charge in [0.2, 0.25) is 10.9 Å². The summed E-state index contributed by atoms with van der Waals surface area (Å²) in [4.78, 5) is 4.46. The lowest BCUT2D eigenvalue weighted by atomic mass is 10.2. The van der Waals surface area contributed by atoms with E-state index in [-0.39, 0.29) is 5.75 Å². The largest absolute Gasteiger partial charge is 0.502 e. The van der Waals surface area contributed by atoms with Crippen LogP contribution in [0.5, 0.6) is 17.2 Å². The molecule has 0 radical (unpaired) electrons. The Balaban J connectivity index is 1.75. The maximum atomic E-state index is 9.93. The van der Waals surface area contributed by atoms with Crippen LogP contribution in [-0.2, 0) is 0 Å². The molecule has 0 bridgehead atoms. The number of methoxy groups -OCH3 is 2. The highest BCUT2D eigenvalue weighted by Crippen LogP contribution is 2.36. The van der Waals surface area contributed by atoms with Crippen molar-refractivity contribution in [2.45, 2.75) is 0 Å². The second-order valence-corrected chi connectivity index (χ2v) is 7.01. The molecule has 3 rings (SSSR count). The third kappa shape index (κ3) is 4.44. The van der Waals surface area contributed by atoms with E-state index in [2.05, 4.69) is 15.5 Å². The predicted octanol–water partition coefficient (Wildman–Crippen LogP) is 5.29. The zero-order chi connectivity index (χ0) is 19.4. The van der Waals surface area contributed by atoms with E-state index in [1.165, 1.54) is 25.6 Å². The number of hydrogen-bond donors (Lipinski definition) is 2. The summed E-state index contributed by atoms with van der Waals surface area (Å²) in [6.45, 7) is 0. The molecule has 0 amide bonds. The lowest BCUT2D eigenvalue weighted by Gasteiger charge is -2.09. The van der Waals surface area contributed by atoms with E-state index in [0.29, 0.717) is 32.2 Å². The van der Waals surface area contributed by atoms with Gasteiger partial charge in [-0.1, -0.05) is 23.2 Å². The number of nitrogens with one attached hydrogen (secondary N) is 1. The second kappa shape index (κ2) is 8.47. The lowest BCUT2D eigenvalue weighted by molar-refractivity contribution is 0.340. The minimum absolute atomic E-state index is 0.0606. The smallest absolute Gasteiger partial charge is 0.203 e. The first-order chi connectivity index (χ1) is 13.0. The molecule has 0 aliphatic carbocycles. The van der Waals surface area contributed by atoms with Gasteiger partial charge in [-0.3, -0.25) is 5.43 Å². The third-order valence-electron chi connectivity index (χ3n) is 3.59. The van der Waals surface area contributed by atoms with Crippen molar-refractivity contribution in [3.05, 3.63) is 51.3 Å². The molecule has 0 saturated heterocycles. The van der Waals surface area contributed by atoms with Gasteiger partial charge in [0.1, 0.15) is 0 Å². The predicted molar refractivity (Wildman–Crippen MR) is 110 cm³/mol. The third-order valence-corrected chi connectivity index (χ3v) is 4.88. The van der Waals surface area contributed by atoms with Crippen LogP contribution in [0.15, 0.2) is 40.8 Å². The SMILES string of the molecule is COc1cc(C=NNc2nc(-c3ccc(Cl)cc3Cl)cs2)cc(OC)c1O. The van der Waals surface area contributed by atoms with Crippen molar-refractivity contribution in [1.82, 2.24) is 4.98 Å². The molecule has 0 aliphatic heterocycles. The lowest BCUT2D eigenvalue weighted by Crippen LogP contribution is -1.94. The number of hydrazone groups is 1. The van der Waals surface area contributed by atoms with Gasteiger partial charge in [-0.2, -0.15) is 5.10 Å². The van der Waals surface area contributed by atoms with E-state index in [1.807, 2.05) is 11.4 Å². The van der Waals surface area contributed by atoms with Crippen LogP contribution in [0, 0.1) is 0 Å². The zero-order valence-electron chi connectivity index (χ0n) is 14.4. The summed E-state index contributed by atoms with van der Waals surface area (Å²) in [6, 6.07) is 8.54. The fourth-order valence-electron chi connectivity index (χ4n) is 2.30. The van der Waals surface area contributed by atoms with E-state index in [4.69, 9.17) is 32.7 Å². The summed E-state index contributed by atoms with van der Waals surface area (Å²) in [5.41, 5.74) is 5.08. The van der Waals surface area contributed by atoms with Gasteiger partial charge >= 0.3 is 0 Å². The monoisotopic (exact) mass is 423 g/mol. The molecule has 140 valence electrons. The molecule has 2 N–H and O–H groups in total. The van der Waals surface area contributed by atoms with Crippen molar-refractivity contribution in [1.29, 1.82) is 0 Å². The fraction of sp³-hybridized carbons (Fsp3) is 0.111. The van der Waals surface area contributed by atoms with Crippen LogP contribution in [0.1, 0.15) is 5.56 Å². The Labute approximate surface area is 170 Å². The molecule has 0 saturated carbocycles. The number of halogens is 2. The number of nitrogens with zero attached hydrogens (tertiary/aromatic N) is 2. The van der Waals surface area contributed by atoms with E-state index in [1.54, 1.807) is 30.5 Å². The average Bonchev–Trinajstić information content (AvgIpc) is 3.11. The number of thiazole rings is 1. The molecular weight excluding hydrogens is 409 g/mol. The van der Waals surface area contributed by atoms with Crippen molar-refractivity contribution >= 4 is 45.9 Å². The van der Waals surface area contributed by atoms with E-state index in [9.17, 15) is 5.11 Å². The Hall–Kier alpha value is -2.48. The summed E-state index contributed by atoms with van der Waals surface area (Å²) in [5, 5.41) is 17.7. The van der Waals surface area contributed by atoms with Crippen molar-refractivity contribution in [3.63, 3.8) is 0 Å². The summed E-state index contributed by atoms with van der Waals surface area (Å²) >= 11 is 13.5. The molecule has 0 aliphatic rings. The number of benzene rings is 2. The summed E-state index contributed by atoms with van der Waals surface area (Å²) in [6.07, 6.45) is 1.57. The Morgan fingerprint density at radius 3 is 2.48 bits per heavy atom. The van der Waals surface area contributed by atoms with Crippen LogP contribution in [0.2, 0.25) is 10.0 Å². The van der Waals surface area contributed by atoms with Crippen LogP contribution in [0.4, 0.5) is 5.13 Å². The van der Waals surface area contributed by atoms with Gasteiger partial charge in [0.25, 0.3) is 0 Å². The molecule has 27 heavy (non-hydrogen) atoms. The number of rotatable bonds is 6. The Morgan fingerprint density at radius 2 is 1.85 bits per heavy atom. The minimum atomic E-state index is -0.0606. The van der Waals surface area contributed by atoms with Crippen LogP contribution in [0.25, 0.3) is 11.3 Å². The Kier molecular flexibility index (Phi) is 6.05. The highest BCUT2D eigenvalue weighted by Gasteiger charge is 2.11. The quantitative estimate of drug-likeness (QED) is 0.416. The second-order valence-electron chi connectivity index (χ2n) is 5.31. The molecule has 0 unspecified atom stereocenters. The Morgan fingerprint density at radius 1 is 1.15 bits per heavy atom. The van der Waals surface area contributed by atoms with Crippen molar-refractivity contribution in [2.75, 3.05) is 19.6 Å². The molecule has 0 fully saturated rings. The molecule has 0 atom stereocenters. The number of anilines is 1. The standard InChI is InChI=1S/C18H15Cl2N3O3S/c1-25-15-5-10(6-16(26-2)17(15)24)8-21-23-18-22-14(9-27-18)12-4-3-11(19)7-13(12)20/h3-9,24H,1-2H3,(H,22,23). The van der Waals surface area contributed by atoms with Gasteiger partial charge < -0.3 is 14.6 Å². The van der Waals surface area contributed by atoms with Crippen molar-refractivity contribution in [3.8, 4) is 28.5 Å². The average molecular weight is 424 g/mol. The highest BCUT2D eigenvalue weighted by atomic mass is 35.5. The van der Waals surface area contributed by atoms with Gasteiger partial charge in [-0.25, -0.2) is 4.98 Å². The van der Waals surface area contributed by atoms with Gasteiger partial charge in [0.05, 0.1) is 31.2 Å². The van der Waals surface area contributed by atoms with Gasteiger partial charge in [-0.05, 0) is 30.3 Å². The maximum Gasteiger partial charge on any atom is 0.203 e. The van der Waals surface area contributed by atoms with Crippen molar-refractivity contribution in [2.24, 2.45) is 5.10 Å². The first-order valence-corrected chi connectivity index (χ1v) is 9.30. The number of aromatic nitrogens is 1. The number of aromatic hydroxyl groups is 1. The summed E-state index contributed by atoms with van der Waals surface area (Å²) in [7, 11) is 2.93. The first-order valence-electron chi connectivity index (χ1n) is 7.67. The van der Waals surface area contributed by atoms with Gasteiger partial charge in [-0.15, -0.1) is 11.3 Å². The molecule has 3 aromatic rings. The topological polar surface area (TPSA) is 76.0 Å². The fourth-order valence-corrected chi connectivity index (χ4v) is 3.46. The molecule has 0 spiro atoms. The van der Waals surface area contributed by atoms with E-state index in [0.717, 1.165) is 11.3 Å².